The zero-order valence-corrected chi connectivity index (χ0v) is 11.3. The first-order chi connectivity index (χ1) is 9.68. The number of rotatable bonds is 3. The van der Waals surface area contributed by atoms with Crippen molar-refractivity contribution in [1.29, 1.82) is 0 Å². The lowest BCUT2D eigenvalue weighted by Gasteiger charge is -2.29. The molecular formula is C15H19NO4. The highest BCUT2D eigenvalue weighted by atomic mass is 16.4. The molecule has 1 aliphatic carbocycles. The van der Waals surface area contributed by atoms with E-state index in [1.54, 1.807) is 6.26 Å². The molecule has 5 nitrogen and oxygen atoms in total. The van der Waals surface area contributed by atoms with Gasteiger partial charge in [-0.2, -0.15) is 0 Å². The van der Waals surface area contributed by atoms with Crippen LogP contribution in [-0.2, 0) is 9.59 Å². The van der Waals surface area contributed by atoms with Gasteiger partial charge in [0, 0.05) is 6.54 Å². The largest absolute Gasteiger partial charge is 0.481 e. The average molecular weight is 277 g/mol. The third kappa shape index (κ3) is 2.44. The molecule has 0 spiro atoms. The maximum Gasteiger partial charge on any atom is 0.307 e. The van der Waals surface area contributed by atoms with Gasteiger partial charge in [-0.1, -0.05) is 12.8 Å². The van der Waals surface area contributed by atoms with Crippen LogP contribution in [0.4, 0.5) is 0 Å². The average Bonchev–Trinajstić information content (AvgIpc) is 3.14. The summed E-state index contributed by atoms with van der Waals surface area (Å²) in [6, 6.07) is 3.70. The van der Waals surface area contributed by atoms with Crippen LogP contribution in [-0.4, -0.2) is 28.4 Å². The maximum atomic E-state index is 12.6. The van der Waals surface area contributed by atoms with Crippen LogP contribution in [0.1, 0.15) is 43.9 Å². The number of amides is 1. The summed E-state index contributed by atoms with van der Waals surface area (Å²) >= 11 is 0. The molecular weight excluding hydrogens is 258 g/mol. The SMILES string of the molecule is O=C(O)[C@@H]1C[C@@H]1C(=O)N1CCCCC[C@H]1c1ccco1. The molecule has 3 atom stereocenters. The van der Waals surface area contributed by atoms with Crippen LogP contribution in [0.15, 0.2) is 22.8 Å². The molecule has 20 heavy (non-hydrogen) atoms. The molecule has 2 fully saturated rings. The van der Waals surface area contributed by atoms with Crippen molar-refractivity contribution in [2.75, 3.05) is 6.54 Å². The van der Waals surface area contributed by atoms with Crippen LogP contribution >= 0.6 is 0 Å². The second-order valence-electron chi connectivity index (χ2n) is 5.70. The van der Waals surface area contributed by atoms with Crippen LogP contribution in [0, 0.1) is 11.8 Å². The molecule has 1 saturated heterocycles. The summed E-state index contributed by atoms with van der Waals surface area (Å²) in [5.74, 6) is -0.868. The number of nitrogens with zero attached hydrogens (tertiary/aromatic N) is 1. The minimum absolute atomic E-state index is 0.0132. The second kappa shape index (κ2) is 5.31. The summed E-state index contributed by atoms with van der Waals surface area (Å²) in [6.07, 6.45) is 6.16. The minimum atomic E-state index is -0.854. The van der Waals surface area contributed by atoms with Gasteiger partial charge in [0.1, 0.15) is 5.76 Å². The topological polar surface area (TPSA) is 70.8 Å². The van der Waals surface area contributed by atoms with Gasteiger partial charge in [-0.05, 0) is 31.4 Å². The summed E-state index contributed by atoms with van der Waals surface area (Å²) < 4.78 is 5.47. The Bertz CT molecular complexity index is 496. The monoisotopic (exact) mass is 277 g/mol. The molecule has 1 N–H and O–H groups in total. The van der Waals surface area contributed by atoms with Crippen molar-refractivity contribution >= 4 is 11.9 Å². The van der Waals surface area contributed by atoms with Crippen molar-refractivity contribution in [3.05, 3.63) is 24.2 Å². The Morgan fingerprint density at radius 1 is 1.25 bits per heavy atom. The Hall–Kier alpha value is -1.78. The molecule has 0 aromatic carbocycles. The number of carboxylic acids is 1. The van der Waals surface area contributed by atoms with Gasteiger partial charge in [-0.25, -0.2) is 0 Å². The molecule has 1 saturated carbocycles. The van der Waals surface area contributed by atoms with Gasteiger partial charge in [-0.15, -0.1) is 0 Å². The highest BCUT2D eigenvalue weighted by molar-refractivity contribution is 5.89. The van der Waals surface area contributed by atoms with Crippen LogP contribution in [0.3, 0.4) is 0 Å². The van der Waals surface area contributed by atoms with E-state index in [9.17, 15) is 9.59 Å². The van der Waals surface area contributed by atoms with E-state index in [0.717, 1.165) is 31.4 Å². The summed E-state index contributed by atoms with van der Waals surface area (Å²) in [5, 5.41) is 8.99. The van der Waals surface area contributed by atoms with Crippen molar-refractivity contribution in [2.45, 2.75) is 38.1 Å². The molecule has 3 rings (SSSR count). The fourth-order valence-corrected chi connectivity index (χ4v) is 3.10. The van der Waals surface area contributed by atoms with E-state index in [2.05, 4.69) is 0 Å². The van der Waals surface area contributed by atoms with Gasteiger partial charge in [0.15, 0.2) is 0 Å². The van der Waals surface area contributed by atoms with Gasteiger partial charge in [0.05, 0.1) is 24.1 Å². The molecule has 5 heteroatoms. The quantitative estimate of drug-likeness (QED) is 0.921. The Morgan fingerprint density at radius 2 is 2.10 bits per heavy atom. The van der Waals surface area contributed by atoms with E-state index in [1.165, 1.54) is 0 Å². The summed E-state index contributed by atoms with van der Waals surface area (Å²) in [6.45, 7) is 0.701. The Morgan fingerprint density at radius 3 is 2.75 bits per heavy atom. The van der Waals surface area contributed by atoms with Gasteiger partial charge in [0.25, 0.3) is 0 Å². The second-order valence-corrected chi connectivity index (χ2v) is 5.70. The van der Waals surface area contributed by atoms with E-state index < -0.39 is 11.9 Å². The zero-order chi connectivity index (χ0) is 14.1. The highest BCUT2D eigenvalue weighted by Crippen LogP contribution is 2.42. The first-order valence-corrected chi connectivity index (χ1v) is 7.25. The zero-order valence-electron chi connectivity index (χ0n) is 11.3. The Labute approximate surface area is 117 Å². The number of carbonyl (C=O) groups is 2. The molecule has 1 amide bonds. The molecule has 1 aliphatic heterocycles. The lowest BCUT2D eigenvalue weighted by Crippen LogP contribution is -2.36. The van der Waals surface area contributed by atoms with Gasteiger partial charge in [-0.3, -0.25) is 9.59 Å². The Balaban J connectivity index is 1.77. The van der Waals surface area contributed by atoms with Crippen molar-refractivity contribution in [1.82, 2.24) is 4.90 Å². The summed E-state index contributed by atoms with van der Waals surface area (Å²) in [7, 11) is 0. The highest BCUT2D eigenvalue weighted by Gasteiger charge is 2.50. The van der Waals surface area contributed by atoms with Crippen LogP contribution < -0.4 is 0 Å². The van der Waals surface area contributed by atoms with Crippen molar-refractivity contribution in [2.24, 2.45) is 11.8 Å². The third-order valence-electron chi connectivity index (χ3n) is 4.33. The van der Waals surface area contributed by atoms with Crippen LogP contribution in [0.25, 0.3) is 0 Å². The number of likely N-dealkylation sites (tertiary alicyclic amines) is 1. The van der Waals surface area contributed by atoms with Gasteiger partial charge in [0.2, 0.25) is 5.91 Å². The predicted molar refractivity (Wildman–Crippen MR) is 70.9 cm³/mol. The van der Waals surface area contributed by atoms with E-state index in [4.69, 9.17) is 9.52 Å². The summed E-state index contributed by atoms with van der Waals surface area (Å²) in [5.41, 5.74) is 0. The molecule has 0 unspecified atom stereocenters. The van der Waals surface area contributed by atoms with E-state index in [-0.39, 0.29) is 17.9 Å². The first-order valence-electron chi connectivity index (χ1n) is 7.25. The molecule has 1 aromatic rings. The molecule has 2 aliphatic rings. The Kier molecular flexibility index (Phi) is 3.51. The van der Waals surface area contributed by atoms with Crippen LogP contribution in [0.2, 0.25) is 0 Å². The third-order valence-corrected chi connectivity index (χ3v) is 4.33. The number of carboxylic acid groups (broad SMARTS) is 1. The molecule has 1 aromatic heterocycles. The van der Waals surface area contributed by atoms with E-state index >= 15 is 0 Å². The molecule has 2 heterocycles. The molecule has 0 bridgehead atoms. The fourth-order valence-electron chi connectivity index (χ4n) is 3.10. The number of hydrogen-bond donors (Lipinski definition) is 1. The lowest BCUT2D eigenvalue weighted by molar-refractivity contribution is -0.143. The standard InChI is InChI=1S/C15H19NO4/c17-14(10-9-11(10)15(18)19)16-7-3-1-2-5-12(16)13-6-4-8-20-13/h4,6,8,10-12H,1-3,5,7,9H2,(H,18,19)/t10-,11+,12-/m0/s1. The van der Waals surface area contributed by atoms with Crippen molar-refractivity contribution in [3.8, 4) is 0 Å². The first kappa shape index (κ1) is 13.2. The number of aliphatic carboxylic acids is 1. The predicted octanol–water partition coefficient (Wildman–Crippen LogP) is 2.44. The molecule has 0 radical (unpaired) electrons. The normalized spacial score (nSPS) is 29.8. The molecule has 108 valence electrons. The van der Waals surface area contributed by atoms with E-state index in [1.807, 2.05) is 17.0 Å². The van der Waals surface area contributed by atoms with Crippen molar-refractivity contribution < 1.29 is 19.1 Å². The number of carbonyl (C=O) groups excluding carboxylic acids is 1. The fraction of sp³-hybridized carbons (Fsp3) is 0.600. The van der Waals surface area contributed by atoms with Gasteiger partial charge >= 0.3 is 5.97 Å². The lowest BCUT2D eigenvalue weighted by atomic mass is 10.1. The van der Waals surface area contributed by atoms with Gasteiger partial charge < -0.3 is 14.4 Å². The number of furan rings is 1. The number of hydrogen-bond acceptors (Lipinski definition) is 3. The van der Waals surface area contributed by atoms with Crippen molar-refractivity contribution in [3.63, 3.8) is 0 Å². The van der Waals surface area contributed by atoms with E-state index in [0.29, 0.717) is 13.0 Å². The smallest absolute Gasteiger partial charge is 0.307 e. The minimum Gasteiger partial charge on any atom is -0.481 e. The summed E-state index contributed by atoms with van der Waals surface area (Å²) in [4.78, 5) is 25.3. The van der Waals surface area contributed by atoms with Crippen LogP contribution in [0.5, 0.6) is 0 Å². The maximum absolute atomic E-state index is 12.6.